The molecular formula is C17H20F3N5O3. The van der Waals surface area contributed by atoms with Crippen molar-refractivity contribution in [1.29, 1.82) is 0 Å². The van der Waals surface area contributed by atoms with Gasteiger partial charge >= 0.3 is 12.1 Å². The van der Waals surface area contributed by atoms with Crippen LogP contribution in [-0.2, 0) is 29.3 Å². The Labute approximate surface area is 158 Å². The smallest absolute Gasteiger partial charge is 0.435 e. The maximum atomic E-state index is 12.9. The van der Waals surface area contributed by atoms with Crippen LogP contribution in [0.2, 0.25) is 0 Å². The molecule has 11 heteroatoms. The maximum Gasteiger partial charge on any atom is 0.435 e. The molecule has 0 unspecified atom stereocenters. The molecule has 1 N–H and O–H groups in total. The molecule has 1 aliphatic carbocycles. The van der Waals surface area contributed by atoms with Crippen LogP contribution in [0, 0.1) is 0 Å². The lowest BCUT2D eigenvalue weighted by atomic mass is 10.2. The summed E-state index contributed by atoms with van der Waals surface area (Å²) in [6, 6.07) is 1.05. The molecule has 1 fully saturated rings. The molecule has 2 aromatic rings. The fraction of sp³-hybridized carbons (Fsp3) is 0.529. The topological polar surface area (TPSA) is 91.0 Å². The van der Waals surface area contributed by atoms with Crippen LogP contribution in [0.1, 0.15) is 53.8 Å². The Kier molecular flexibility index (Phi) is 5.43. The Hall–Kier alpha value is -2.85. The first-order chi connectivity index (χ1) is 13.2. The highest BCUT2D eigenvalue weighted by Gasteiger charge is 2.37. The summed E-state index contributed by atoms with van der Waals surface area (Å²) >= 11 is 0. The quantitative estimate of drug-likeness (QED) is 0.723. The molecule has 1 amide bonds. The number of carbonyl (C=O) groups is 2. The van der Waals surface area contributed by atoms with Gasteiger partial charge in [-0.15, -0.1) is 0 Å². The van der Waals surface area contributed by atoms with Gasteiger partial charge < -0.3 is 10.1 Å². The lowest BCUT2D eigenvalue weighted by Crippen LogP contribution is -2.20. The van der Waals surface area contributed by atoms with Crippen molar-refractivity contribution >= 4 is 17.7 Å². The van der Waals surface area contributed by atoms with Gasteiger partial charge in [-0.05, 0) is 25.8 Å². The number of aromatic nitrogens is 4. The molecule has 8 nitrogen and oxygen atoms in total. The van der Waals surface area contributed by atoms with Crippen LogP contribution in [0.25, 0.3) is 0 Å². The fourth-order valence-electron chi connectivity index (χ4n) is 2.80. The van der Waals surface area contributed by atoms with Gasteiger partial charge in [-0.1, -0.05) is 0 Å². The Bertz CT molecular complexity index is 883. The van der Waals surface area contributed by atoms with Crippen molar-refractivity contribution in [3.8, 4) is 0 Å². The van der Waals surface area contributed by atoms with E-state index in [4.69, 9.17) is 4.74 Å². The second-order valence-electron chi connectivity index (χ2n) is 6.50. The number of ether oxygens (including phenoxy) is 1. The van der Waals surface area contributed by atoms with Crippen LogP contribution in [0.15, 0.2) is 12.3 Å². The zero-order valence-electron chi connectivity index (χ0n) is 15.4. The largest absolute Gasteiger partial charge is 0.462 e. The van der Waals surface area contributed by atoms with Crippen molar-refractivity contribution in [3.63, 3.8) is 0 Å². The summed E-state index contributed by atoms with van der Waals surface area (Å²) in [4.78, 5) is 24.2. The lowest BCUT2D eigenvalue weighted by molar-refractivity contribution is -0.141. The van der Waals surface area contributed by atoms with E-state index >= 15 is 0 Å². The van der Waals surface area contributed by atoms with E-state index in [0.717, 1.165) is 18.9 Å². The molecule has 0 aromatic carbocycles. The molecule has 2 heterocycles. The number of halogens is 3. The highest BCUT2D eigenvalue weighted by molar-refractivity contribution is 6.00. The Morgan fingerprint density at radius 3 is 2.68 bits per heavy atom. The molecular weight excluding hydrogens is 379 g/mol. The summed E-state index contributed by atoms with van der Waals surface area (Å²) in [5.74, 6) is -0.870. The number of nitrogens with one attached hydrogen (secondary N) is 1. The van der Waals surface area contributed by atoms with Gasteiger partial charge in [0.05, 0.1) is 12.8 Å². The molecule has 0 radical (unpaired) electrons. The van der Waals surface area contributed by atoms with Gasteiger partial charge in [0.2, 0.25) is 5.91 Å². The lowest BCUT2D eigenvalue weighted by Gasteiger charge is -2.09. The molecule has 0 saturated heterocycles. The van der Waals surface area contributed by atoms with Gasteiger partial charge in [0.25, 0.3) is 0 Å². The van der Waals surface area contributed by atoms with E-state index in [-0.39, 0.29) is 36.9 Å². The van der Waals surface area contributed by atoms with Gasteiger partial charge in [0.1, 0.15) is 11.4 Å². The number of nitrogens with zero attached hydrogens (tertiary/aromatic N) is 4. The van der Waals surface area contributed by atoms with Crippen molar-refractivity contribution in [2.75, 3.05) is 11.9 Å². The van der Waals surface area contributed by atoms with Crippen LogP contribution in [0.4, 0.5) is 19.0 Å². The highest BCUT2D eigenvalue weighted by Crippen LogP contribution is 2.42. The molecule has 1 aliphatic rings. The average molecular weight is 399 g/mol. The molecule has 0 aliphatic heterocycles. The van der Waals surface area contributed by atoms with Crippen molar-refractivity contribution in [2.24, 2.45) is 7.05 Å². The number of amides is 1. The minimum Gasteiger partial charge on any atom is -0.462 e. The van der Waals surface area contributed by atoms with Crippen molar-refractivity contribution in [2.45, 2.75) is 44.8 Å². The minimum atomic E-state index is -4.53. The Balaban J connectivity index is 1.68. The number of carbonyl (C=O) groups excluding carboxylic acids is 2. The number of alkyl halides is 3. The summed E-state index contributed by atoms with van der Waals surface area (Å²) in [5, 5.41) is 10.1. The number of esters is 1. The van der Waals surface area contributed by atoms with Crippen LogP contribution in [-0.4, -0.2) is 38.0 Å². The molecule has 2 aromatic heterocycles. The Morgan fingerprint density at radius 1 is 1.36 bits per heavy atom. The molecule has 0 bridgehead atoms. The van der Waals surface area contributed by atoms with E-state index in [0.29, 0.717) is 5.69 Å². The number of hydrogen-bond donors (Lipinski definition) is 1. The molecule has 3 rings (SSSR count). The average Bonchev–Trinajstić information content (AvgIpc) is 3.26. The summed E-state index contributed by atoms with van der Waals surface area (Å²) in [6.45, 7) is 1.83. The standard InChI is InChI=1S/C17H20F3N5O3/c1-3-28-16(27)11-9-21-24(2)15(11)22-14(26)6-7-25-12(10-4-5-10)8-13(23-25)17(18,19)20/h8-10H,3-7H2,1-2H3,(H,22,26). The molecule has 152 valence electrons. The first kappa shape index (κ1) is 19.9. The first-order valence-electron chi connectivity index (χ1n) is 8.84. The zero-order chi connectivity index (χ0) is 20.5. The summed E-state index contributed by atoms with van der Waals surface area (Å²) in [6.07, 6.45) is -1.73. The van der Waals surface area contributed by atoms with Crippen molar-refractivity contribution < 1.29 is 27.5 Å². The van der Waals surface area contributed by atoms with E-state index in [2.05, 4.69) is 15.5 Å². The monoisotopic (exact) mass is 399 g/mol. The second-order valence-corrected chi connectivity index (χ2v) is 6.50. The van der Waals surface area contributed by atoms with Gasteiger partial charge in [-0.2, -0.15) is 23.4 Å². The normalized spacial score (nSPS) is 14.2. The zero-order valence-corrected chi connectivity index (χ0v) is 15.4. The van der Waals surface area contributed by atoms with Crippen LogP contribution < -0.4 is 5.32 Å². The maximum absolute atomic E-state index is 12.9. The second kappa shape index (κ2) is 7.64. The molecule has 0 atom stereocenters. The third-order valence-corrected chi connectivity index (χ3v) is 4.34. The first-order valence-corrected chi connectivity index (χ1v) is 8.84. The number of anilines is 1. The van der Waals surface area contributed by atoms with Gasteiger partial charge in [-0.25, -0.2) is 4.79 Å². The van der Waals surface area contributed by atoms with Crippen molar-refractivity contribution in [3.05, 3.63) is 29.2 Å². The van der Waals surface area contributed by atoms with Crippen LogP contribution in [0.3, 0.4) is 0 Å². The van der Waals surface area contributed by atoms with Crippen LogP contribution in [0.5, 0.6) is 0 Å². The van der Waals surface area contributed by atoms with Gasteiger partial charge in [0.15, 0.2) is 5.69 Å². The number of hydrogen-bond acceptors (Lipinski definition) is 5. The van der Waals surface area contributed by atoms with Crippen LogP contribution >= 0.6 is 0 Å². The Morgan fingerprint density at radius 2 is 2.07 bits per heavy atom. The minimum absolute atomic E-state index is 0.000335. The van der Waals surface area contributed by atoms with E-state index in [1.807, 2.05) is 0 Å². The van der Waals surface area contributed by atoms with E-state index in [1.54, 1.807) is 14.0 Å². The van der Waals surface area contributed by atoms with E-state index in [1.165, 1.54) is 15.6 Å². The van der Waals surface area contributed by atoms with Gasteiger partial charge in [-0.3, -0.25) is 14.2 Å². The van der Waals surface area contributed by atoms with E-state index in [9.17, 15) is 22.8 Å². The molecule has 28 heavy (non-hydrogen) atoms. The number of rotatable bonds is 7. The molecule has 1 saturated carbocycles. The summed E-state index contributed by atoms with van der Waals surface area (Å²) in [5.41, 5.74) is -0.353. The van der Waals surface area contributed by atoms with E-state index < -0.39 is 23.7 Å². The SMILES string of the molecule is CCOC(=O)c1cnn(C)c1NC(=O)CCn1nc(C(F)(F)F)cc1C1CC1. The summed E-state index contributed by atoms with van der Waals surface area (Å²) in [7, 11) is 1.55. The predicted octanol–water partition coefficient (Wildman–Crippen LogP) is 2.72. The predicted molar refractivity (Wildman–Crippen MR) is 91.6 cm³/mol. The summed E-state index contributed by atoms with van der Waals surface area (Å²) < 4.78 is 46.3. The number of aryl methyl sites for hydroxylation is 2. The highest BCUT2D eigenvalue weighted by atomic mass is 19.4. The van der Waals surface area contributed by atoms with Crippen molar-refractivity contribution in [1.82, 2.24) is 19.6 Å². The third-order valence-electron chi connectivity index (χ3n) is 4.34. The third kappa shape index (κ3) is 4.34. The van der Waals surface area contributed by atoms with Gasteiger partial charge in [0, 0.05) is 31.6 Å². The fourth-order valence-corrected chi connectivity index (χ4v) is 2.80. The molecule has 0 spiro atoms.